The van der Waals surface area contributed by atoms with Crippen molar-refractivity contribution in [1.29, 1.82) is 0 Å². The number of benzene rings is 2. The second-order valence-corrected chi connectivity index (χ2v) is 8.17. The molecule has 26 heavy (non-hydrogen) atoms. The SMILES string of the molecule is O=C(CCS(=O)(=O)c1ccc2c(c1)NC(=O)CO2)Nc1cccc(Cl)c1. The smallest absolute Gasteiger partial charge is 0.262 e. The molecule has 0 aromatic heterocycles. The fraction of sp³-hybridized carbons (Fsp3) is 0.176. The predicted octanol–water partition coefficient (Wildman–Crippen LogP) is 2.47. The molecule has 1 aliphatic heterocycles. The fourth-order valence-corrected chi connectivity index (χ4v) is 3.84. The number of anilines is 2. The number of fused-ring (bicyclic) bond motifs is 1. The lowest BCUT2D eigenvalue weighted by atomic mass is 10.2. The van der Waals surface area contributed by atoms with Crippen LogP contribution in [0.4, 0.5) is 11.4 Å². The van der Waals surface area contributed by atoms with Gasteiger partial charge in [0.1, 0.15) is 5.75 Å². The number of carbonyl (C=O) groups is 2. The Balaban J connectivity index is 1.66. The Bertz CT molecular complexity index is 975. The van der Waals surface area contributed by atoms with Gasteiger partial charge in [-0.25, -0.2) is 8.42 Å². The Morgan fingerprint density at radius 1 is 1.23 bits per heavy atom. The summed E-state index contributed by atoms with van der Waals surface area (Å²) in [5.41, 5.74) is 0.791. The zero-order valence-corrected chi connectivity index (χ0v) is 15.1. The minimum Gasteiger partial charge on any atom is -0.482 e. The number of sulfone groups is 1. The number of nitrogens with one attached hydrogen (secondary N) is 2. The van der Waals surface area contributed by atoms with E-state index in [2.05, 4.69) is 10.6 Å². The molecular weight excluding hydrogens is 380 g/mol. The molecular formula is C17H15ClN2O5S. The number of hydrogen-bond donors (Lipinski definition) is 2. The molecule has 0 saturated heterocycles. The van der Waals surface area contributed by atoms with Gasteiger partial charge in [0.25, 0.3) is 5.91 Å². The van der Waals surface area contributed by atoms with Crippen LogP contribution in [0.1, 0.15) is 6.42 Å². The van der Waals surface area contributed by atoms with Crippen molar-refractivity contribution in [3.05, 3.63) is 47.5 Å². The molecule has 7 nitrogen and oxygen atoms in total. The molecule has 0 radical (unpaired) electrons. The summed E-state index contributed by atoms with van der Waals surface area (Å²) in [4.78, 5) is 23.3. The van der Waals surface area contributed by atoms with Crippen LogP contribution in [-0.4, -0.2) is 32.6 Å². The molecule has 2 aromatic carbocycles. The monoisotopic (exact) mass is 394 g/mol. The molecule has 0 atom stereocenters. The van der Waals surface area contributed by atoms with Gasteiger partial charge in [-0.2, -0.15) is 0 Å². The fourth-order valence-electron chi connectivity index (χ4n) is 2.39. The van der Waals surface area contributed by atoms with E-state index < -0.39 is 15.7 Å². The van der Waals surface area contributed by atoms with Crippen molar-refractivity contribution in [2.75, 3.05) is 23.0 Å². The van der Waals surface area contributed by atoms with Gasteiger partial charge in [0.15, 0.2) is 16.4 Å². The second kappa shape index (κ2) is 7.35. The normalized spacial score (nSPS) is 13.3. The van der Waals surface area contributed by atoms with Crippen LogP contribution in [0.3, 0.4) is 0 Å². The molecule has 2 N–H and O–H groups in total. The number of hydrogen-bond acceptors (Lipinski definition) is 5. The zero-order valence-electron chi connectivity index (χ0n) is 13.5. The molecule has 2 aromatic rings. The highest BCUT2D eigenvalue weighted by atomic mass is 35.5. The molecule has 0 spiro atoms. The van der Waals surface area contributed by atoms with Gasteiger partial charge in [0.05, 0.1) is 16.3 Å². The maximum Gasteiger partial charge on any atom is 0.262 e. The van der Waals surface area contributed by atoms with E-state index in [-0.39, 0.29) is 29.6 Å². The summed E-state index contributed by atoms with van der Waals surface area (Å²) in [7, 11) is -3.70. The van der Waals surface area contributed by atoms with Crippen molar-refractivity contribution < 1.29 is 22.7 Å². The summed E-state index contributed by atoms with van der Waals surface area (Å²) >= 11 is 5.84. The maximum atomic E-state index is 12.5. The number of amides is 2. The molecule has 0 unspecified atom stereocenters. The van der Waals surface area contributed by atoms with E-state index >= 15 is 0 Å². The molecule has 0 bridgehead atoms. The van der Waals surface area contributed by atoms with E-state index in [0.717, 1.165) is 0 Å². The molecule has 0 fully saturated rings. The van der Waals surface area contributed by atoms with Gasteiger partial charge in [0.2, 0.25) is 5.91 Å². The van der Waals surface area contributed by atoms with Crippen LogP contribution in [0.25, 0.3) is 0 Å². The Morgan fingerprint density at radius 2 is 2.04 bits per heavy atom. The molecule has 136 valence electrons. The molecule has 0 aliphatic carbocycles. The number of ether oxygens (including phenoxy) is 1. The Labute approximate surface area is 155 Å². The summed E-state index contributed by atoms with van der Waals surface area (Å²) in [5.74, 6) is -0.756. The molecule has 1 aliphatic rings. The maximum absolute atomic E-state index is 12.5. The minimum absolute atomic E-state index is 0.0117. The van der Waals surface area contributed by atoms with E-state index in [1.54, 1.807) is 24.3 Å². The van der Waals surface area contributed by atoms with E-state index in [9.17, 15) is 18.0 Å². The van der Waals surface area contributed by atoms with Gasteiger partial charge in [-0.05, 0) is 36.4 Å². The highest BCUT2D eigenvalue weighted by molar-refractivity contribution is 7.91. The van der Waals surface area contributed by atoms with Crippen molar-refractivity contribution in [1.82, 2.24) is 0 Å². The van der Waals surface area contributed by atoms with E-state index in [0.29, 0.717) is 22.1 Å². The summed E-state index contributed by atoms with van der Waals surface area (Å²) in [6.45, 7) is -0.108. The van der Waals surface area contributed by atoms with Crippen LogP contribution < -0.4 is 15.4 Å². The lowest BCUT2D eigenvalue weighted by molar-refractivity contribution is -0.118. The van der Waals surface area contributed by atoms with Gasteiger partial charge in [-0.1, -0.05) is 17.7 Å². The van der Waals surface area contributed by atoms with Gasteiger partial charge in [0, 0.05) is 17.1 Å². The summed E-state index contributed by atoms with van der Waals surface area (Å²) < 4.78 is 30.1. The third-order valence-corrected chi connectivity index (χ3v) is 5.60. The highest BCUT2D eigenvalue weighted by Crippen LogP contribution is 2.30. The van der Waals surface area contributed by atoms with Crippen LogP contribution in [0.15, 0.2) is 47.4 Å². The van der Waals surface area contributed by atoms with Gasteiger partial charge < -0.3 is 15.4 Å². The summed E-state index contributed by atoms with van der Waals surface area (Å²) in [5, 5.41) is 5.62. The third-order valence-electron chi connectivity index (χ3n) is 3.65. The summed E-state index contributed by atoms with van der Waals surface area (Å²) in [6.07, 6.45) is -0.214. The first-order valence-corrected chi connectivity index (χ1v) is 9.71. The number of rotatable bonds is 5. The van der Waals surface area contributed by atoms with Crippen molar-refractivity contribution in [2.24, 2.45) is 0 Å². The first-order chi connectivity index (χ1) is 12.3. The van der Waals surface area contributed by atoms with Crippen molar-refractivity contribution in [2.45, 2.75) is 11.3 Å². The second-order valence-electron chi connectivity index (χ2n) is 5.62. The van der Waals surface area contributed by atoms with E-state index in [1.807, 2.05) is 0 Å². The van der Waals surface area contributed by atoms with Gasteiger partial charge in [-0.15, -0.1) is 0 Å². The topological polar surface area (TPSA) is 102 Å². The van der Waals surface area contributed by atoms with Crippen molar-refractivity contribution in [3.8, 4) is 5.75 Å². The third kappa shape index (κ3) is 4.33. The lowest BCUT2D eigenvalue weighted by Crippen LogP contribution is -2.25. The van der Waals surface area contributed by atoms with Crippen molar-refractivity contribution >= 4 is 44.6 Å². The van der Waals surface area contributed by atoms with Gasteiger partial charge in [-0.3, -0.25) is 9.59 Å². The standard InChI is InChI=1S/C17H15ClN2O5S/c18-11-2-1-3-12(8-11)19-16(21)6-7-26(23,24)13-4-5-15-14(9-13)20-17(22)10-25-15/h1-5,8-9H,6-7,10H2,(H,19,21)(H,20,22). The van der Waals surface area contributed by atoms with Crippen LogP contribution >= 0.6 is 11.6 Å². The Hall–Kier alpha value is -2.58. The average molecular weight is 395 g/mol. The zero-order chi connectivity index (χ0) is 18.7. The van der Waals surface area contributed by atoms with E-state index in [4.69, 9.17) is 16.3 Å². The predicted molar refractivity (Wildman–Crippen MR) is 97.3 cm³/mol. The first-order valence-electron chi connectivity index (χ1n) is 7.68. The van der Waals surface area contributed by atoms with Crippen LogP contribution in [0.2, 0.25) is 5.02 Å². The molecule has 0 saturated carbocycles. The molecule has 9 heteroatoms. The Morgan fingerprint density at radius 3 is 2.81 bits per heavy atom. The quantitative estimate of drug-likeness (QED) is 0.811. The largest absolute Gasteiger partial charge is 0.482 e. The van der Waals surface area contributed by atoms with Crippen LogP contribution in [-0.2, 0) is 19.4 Å². The van der Waals surface area contributed by atoms with Crippen molar-refractivity contribution in [3.63, 3.8) is 0 Å². The van der Waals surface area contributed by atoms with Crippen LogP contribution in [0.5, 0.6) is 5.75 Å². The van der Waals surface area contributed by atoms with E-state index in [1.165, 1.54) is 18.2 Å². The van der Waals surface area contributed by atoms with Crippen LogP contribution in [0, 0.1) is 0 Å². The Kier molecular flexibility index (Phi) is 5.15. The molecule has 3 rings (SSSR count). The highest BCUT2D eigenvalue weighted by Gasteiger charge is 2.21. The molecule has 1 heterocycles. The first kappa shape index (κ1) is 18.2. The number of carbonyl (C=O) groups excluding carboxylic acids is 2. The lowest BCUT2D eigenvalue weighted by Gasteiger charge is -2.18. The molecule has 2 amide bonds. The minimum atomic E-state index is -3.70. The summed E-state index contributed by atoms with van der Waals surface area (Å²) in [6, 6.07) is 10.8. The van der Waals surface area contributed by atoms with Gasteiger partial charge >= 0.3 is 0 Å². The average Bonchev–Trinajstić information content (AvgIpc) is 2.59. The number of halogens is 1.